The number of ether oxygens (including phenoxy) is 1. The molecular formula is C15H29N3O. The van der Waals surface area contributed by atoms with Crippen molar-refractivity contribution in [2.24, 2.45) is 11.1 Å². The van der Waals surface area contributed by atoms with E-state index in [1.807, 2.05) is 0 Å². The topological polar surface area (TPSA) is 41.7 Å². The molecule has 0 aromatic rings. The van der Waals surface area contributed by atoms with Crippen molar-refractivity contribution in [3.05, 3.63) is 0 Å². The van der Waals surface area contributed by atoms with E-state index >= 15 is 0 Å². The fourth-order valence-electron chi connectivity index (χ4n) is 4.16. The first-order valence-corrected chi connectivity index (χ1v) is 8.06. The molecule has 110 valence electrons. The van der Waals surface area contributed by atoms with E-state index < -0.39 is 0 Å². The second-order valence-corrected chi connectivity index (χ2v) is 6.78. The van der Waals surface area contributed by atoms with Crippen LogP contribution in [0.1, 0.15) is 32.1 Å². The fourth-order valence-corrected chi connectivity index (χ4v) is 4.16. The monoisotopic (exact) mass is 267 g/mol. The van der Waals surface area contributed by atoms with Gasteiger partial charge in [-0.15, -0.1) is 0 Å². The van der Waals surface area contributed by atoms with Crippen LogP contribution in [0.4, 0.5) is 0 Å². The predicted octanol–water partition coefficient (Wildman–Crippen LogP) is 0.912. The normalized spacial score (nSPS) is 38.1. The van der Waals surface area contributed by atoms with Crippen molar-refractivity contribution in [3.8, 4) is 0 Å². The van der Waals surface area contributed by atoms with E-state index in [9.17, 15) is 0 Å². The molecule has 3 heterocycles. The van der Waals surface area contributed by atoms with Gasteiger partial charge in [-0.2, -0.15) is 0 Å². The first-order valence-electron chi connectivity index (χ1n) is 8.06. The Morgan fingerprint density at radius 3 is 2.84 bits per heavy atom. The van der Waals surface area contributed by atoms with Gasteiger partial charge in [0.15, 0.2) is 0 Å². The van der Waals surface area contributed by atoms with E-state index in [0.29, 0.717) is 0 Å². The molecule has 3 rings (SSSR count). The zero-order chi connectivity index (χ0) is 13.1. The third-order valence-corrected chi connectivity index (χ3v) is 5.28. The Hall–Kier alpha value is -0.160. The summed E-state index contributed by atoms with van der Waals surface area (Å²) in [4.78, 5) is 5.38. The molecule has 19 heavy (non-hydrogen) atoms. The van der Waals surface area contributed by atoms with Crippen LogP contribution in [-0.4, -0.2) is 68.3 Å². The van der Waals surface area contributed by atoms with Crippen molar-refractivity contribution in [3.63, 3.8) is 0 Å². The molecule has 0 radical (unpaired) electrons. The van der Waals surface area contributed by atoms with Gasteiger partial charge in [0.05, 0.1) is 6.61 Å². The molecule has 2 atom stereocenters. The molecule has 0 aromatic carbocycles. The second-order valence-electron chi connectivity index (χ2n) is 6.78. The van der Waals surface area contributed by atoms with Gasteiger partial charge in [0.2, 0.25) is 0 Å². The molecule has 3 fully saturated rings. The first-order chi connectivity index (χ1) is 9.31. The van der Waals surface area contributed by atoms with Crippen LogP contribution in [0.5, 0.6) is 0 Å². The molecule has 0 saturated carbocycles. The molecule has 3 aliphatic heterocycles. The Kier molecular flexibility index (Phi) is 4.42. The number of hydrogen-bond donors (Lipinski definition) is 1. The lowest BCUT2D eigenvalue weighted by Gasteiger charge is -2.40. The molecule has 3 aliphatic rings. The molecular weight excluding hydrogens is 238 g/mol. The highest BCUT2D eigenvalue weighted by atomic mass is 16.5. The van der Waals surface area contributed by atoms with E-state index in [0.717, 1.165) is 32.3 Å². The van der Waals surface area contributed by atoms with Crippen LogP contribution in [0.2, 0.25) is 0 Å². The number of rotatable bonds is 3. The highest BCUT2D eigenvalue weighted by Gasteiger charge is 2.36. The van der Waals surface area contributed by atoms with Gasteiger partial charge in [-0.1, -0.05) is 0 Å². The summed E-state index contributed by atoms with van der Waals surface area (Å²) in [5.41, 5.74) is 6.31. The van der Waals surface area contributed by atoms with Gasteiger partial charge in [0.25, 0.3) is 0 Å². The maximum atomic E-state index is 6.08. The summed E-state index contributed by atoms with van der Waals surface area (Å²) < 4.78 is 5.72. The van der Waals surface area contributed by atoms with Crippen molar-refractivity contribution < 1.29 is 4.74 Å². The summed E-state index contributed by atoms with van der Waals surface area (Å²) in [5.74, 6) is 0. The smallest absolute Gasteiger partial charge is 0.0546 e. The maximum absolute atomic E-state index is 6.08. The maximum Gasteiger partial charge on any atom is 0.0546 e. The molecule has 0 aliphatic carbocycles. The molecule has 2 N–H and O–H groups in total. The number of nitrogens with two attached hydrogens (primary N) is 1. The lowest BCUT2D eigenvalue weighted by atomic mass is 9.82. The van der Waals surface area contributed by atoms with E-state index in [-0.39, 0.29) is 5.41 Å². The average molecular weight is 267 g/mol. The summed E-state index contributed by atoms with van der Waals surface area (Å²) in [7, 11) is 0. The number of hydrogen-bond acceptors (Lipinski definition) is 4. The summed E-state index contributed by atoms with van der Waals surface area (Å²) in [6.07, 6.45) is 6.53. The SMILES string of the molecule is NCC1(CN2CCCN3CCCC3C2)CCCOC1. The summed E-state index contributed by atoms with van der Waals surface area (Å²) in [6, 6.07) is 0.807. The Morgan fingerprint density at radius 1 is 1.16 bits per heavy atom. The van der Waals surface area contributed by atoms with Gasteiger partial charge in [0.1, 0.15) is 0 Å². The Balaban J connectivity index is 1.61. The minimum absolute atomic E-state index is 0.228. The minimum Gasteiger partial charge on any atom is -0.381 e. The molecule has 2 unspecified atom stereocenters. The Labute approximate surface area is 117 Å². The van der Waals surface area contributed by atoms with Gasteiger partial charge in [-0.25, -0.2) is 0 Å². The van der Waals surface area contributed by atoms with Crippen molar-refractivity contribution >= 4 is 0 Å². The van der Waals surface area contributed by atoms with Crippen LogP contribution in [-0.2, 0) is 4.74 Å². The lowest BCUT2D eigenvalue weighted by molar-refractivity contribution is -0.0225. The zero-order valence-corrected chi connectivity index (χ0v) is 12.1. The fraction of sp³-hybridized carbons (Fsp3) is 1.00. The largest absolute Gasteiger partial charge is 0.381 e. The lowest BCUT2D eigenvalue weighted by Crippen LogP contribution is -2.49. The first kappa shape index (κ1) is 13.8. The van der Waals surface area contributed by atoms with Crippen LogP contribution in [0, 0.1) is 5.41 Å². The van der Waals surface area contributed by atoms with Crippen LogP contribution in [0.15, 0.2) is 0 Å². The van der Waals surface area contributed by atoms with Crippen LogP contribution >= 0.6 is 0 Å². The van der Waals surface area contributed by atoms with E-state index in [4.69, 9.17) is 10.5 Å². The molecule has 4 heteroatoms. The van der Waals surface area contributed by atoms with Crippen LogP contribution in [0.25, 0.3) is 0 Å². The second kappa shape index (κ2) is 6.08. The van der Waals surface area contributed by atoms with Gasteiger partial charge in [-0.05, 0) is 51.7 Å². The minimum atomic E-state index is 0.228. The van der Waals surface area contributed by atoms with Gasteiger partial charge >= 0.3 is 0 Å². The summed E-state index contributed by atoms with van der Waals surface area (Å²) in [6.45, 7) is 8.84. The number of fused-ring (bicyclic) bond motifs is 1. The molecule has 0 aromatic heterocycles. The van der Waals surface area contributed by atoms with Gasteiger partial charge in [-0.3, -0.25) is 4.90 Å². The van der Waals surface area contributed by atoms with Crippen molar-refractivity contribution in [1.82, 2.24) is 9.80 Å². The van der Waals surface area contributed by atoms with E-state index in [2.05, 4.69) is 9.80 Å². The zero-order valence-electron chi connectivity index (χ0n) is 12.1. The predicted molar refractivity (Wildman–Crippen MR) is 77.2 cm³/mol. The molecule has 4 nitrogen and oxygen atoms in total. The van der Waals surface area contributed by atoms with Crippen molar-refractivity contribution in [2.75, 3.05) is 52.5 Å². The third kappa shape index (κ3) is 3.13. The van der Waals surface area contributed by atoms with Crippen LogP contribution < -0.4 is 5.73 Å². The quantitative estimate of drug-likeness (QED) is 0.825. The average Bonchev–Trinajstić information content (AvgIpc) is 2.79. The van der Waals surface area contributed by atoms with Crippen LogP contribution in [0.3, 0.4) is 0 Å². The summed E-state index contributed by atoms with van der Waals surface area (Å²) >= 11 is 0. The van der Waals surface area contributed by atoms with Crippen molar-refractivity contribution in [1.29, 1.82) is 0 Å². The van der Waals surface area contributed by atoms with Gasteiger partial charge in [0, 0.05) is 37.7 Å². The van der Waals surface area contributed by atoms with Gasteiger partial charge < -0.3 is 15.4 Å². The molecule has 0 spiro atoms. The molecule has 3 saturated heterocycles. The highest BCUT2D eigenvalue weighted by Crippen LogP contribution is 2.30. The third-order valence-electron chi connectivity index (χ3n) is 5.28. The van der Waals surface area contributed by atoms with Crippen molar-refractivity contribution in [2.45, 2.75) is 38.1 Å². The Morgan fingerprint density at radius 2 is 2.05 bits per heavy atom. The number of nitrogens with zero attached hydrogens (tertiary/aromatic N) is 2. The molecule has 0 bridgehead atoms. The highest BCUT2D eigenvalue weighted by molar-refractivity contribution is 4.90. The molecule has 0 amide bonds. The Bertz CT molecular complexity index is 291. The standard InChI is InChI=1S/C15H29N3O/c16-11-15(5-2-9-19-13-15)12-17-6-3-8-18-7-1-4-14(18)10-17/h14H,1-13,16H2. The van der Waals surface area contributed by atoms with E-state index in [1.54, 1.807) is 0 Å². The van der Waals surface area contributed by atoms with E-state index in [1.165, 1.54) is 58.3 Å². The summed E-state index contributed by atoms with van der Waals surface area (Å²) in [5, 5.41) is 0.